The summed E-state index contributed by atoms with van der Waals surface area (Å²) in [5, 5.41) is 2.66. The van der Waals surface area contributed by atoms with E-state index in [9.17, 15) is 18.0 Å². The monoisotopic (exact) mass is 700 g/mol. The fourth-order valence-electron chi connectivity index (χ4n) is 4.66. The number of aromatic nitrogens is 3. The molecular weight excluding hydrogens is 672 g/mol. The highest BCUT2D eigenvalue weighted by atomic mass is 79.9. The molecule has 13 heteroatoms. The molecule has 0 aliphatic heterocycles. The predicted octanol–water partition coefficient (Wildman–Crippen LogP) is 9.16. The van der Waals surface area contributed by atoms with Crippen molar-refractivity contribution in [2.75, 3.05) is 11.9 Å². The lowest BCUT2D eigenvalue weighted by atomic mass is 10.1. The van der Waals surface area contributed by atoms with Gasteiger partial charge in [0.05, 0.1) is 15.9 Å². The molecule has 0 radical (unpaired) electrons. The molecule has 46 heavy (non-hydrogen) atoms. The topological polar surface area (TPSA) is 87.5 Å². The fraction of sp³-hybridized carbons (Fsp3) is 0.242. The Labute approximate surface area is 270 Å². The van der Waals surface area contributed by atoms with Gasteiger partial charge in [0.2, 0.25) is 5.88 Å². The lowest BCUT2D eigenvalue weighted by Crippen LogP contribution is -2.27. The Morgan fingerprint density at radius 1 is 0.978 bits per heavy atom. The minimum absolute atomic E-state index is 0.00421. The highest BCUT2D eigenvalue weighted by molar-refractivity contribution is 9.10. The summed E-state index contributed by atoms with van der Waals surface area (Å²) in [4.78, 5) is 20.6. The molecule has 0 unspecified atom stereocenters. The van der Waals surface area contributed by atoms with Crippen LogP contribution < -0.4 is 14.8 Å². The fourth-order valence-corrected chi connectivity index (χ4v) is 5.36. The summed E-state index contributed by atoms with van der Waals surface area (Å²) < 4.78 is 73.4. The first-order chi connectivity index (χ1) is 21.7. The van der Waals surface area contributed by atoms with Gasteiger partial charge in [-0.05, 0) is 78.5 Å². The van der Waals surface area contributed by atoms with Crippen molar-refractivity contribution in [2.45, 2.75) is 46.1 Å². The number of halogens is 5. The van der Waals surface area contributed by atoms with Crippen LogP contribution in [0.15, 0.2) is 77.5 Å². The summed E-state index contributed by atoms with van der Waals surface area (Å²) in [7, 11) is 0. The van der Waals surface area contributed by atoms with Crippen molar-refractivity contribution < 1.29 is 36.6 Å². The zero-order chi connectivity index (χ0) is 33.2. The Morgan fingerprint density at radius 2 is 1.67 bits per heavy atom. The van der Waals surface area contributed by atoms with Gasteiger partial charge in [-0.15, -0.1) is 0 Å². The van der Waals surface area contributed by atoms with Gasteiger partial charge < -0.3 is 18.8 Å². The van der Waals surface area contributed by atoms with Gasteiger partial charge in [0, 0.05) is 11.8 Å². The van der Waals surface area contributed by atoms with E-state index in [1.165, 1.54) is 12.1 Å². The molecule has 0 saturated heterocycles. The van der Waals surface area contributed by atoms with E-state index < -0.39 is 30.3 Å². The molecule has 0 aliphatic carbocycles. The highest BCUT2D eigenvalue weighted by Gasteiger charge is 2.31. The van der Waals surface area contributed by atoms with Gasteiger partial charge >= 0.3 is 12.3 Å². The maximum atomic E-state index is 15.6. The van der Waals surface area contributed by atoms with E-state index in [0.717, 1.165) is 11.9 Å². The quantitative estimate of drug-likeness (QED) is 0.163. The van der Waals surface area contributed by atoms with Crippen LogP contribution in [0.5, 0.6) is 11.6 Å². The van der Waals surface area contributed by atoms with Crippen molar-refractivity contribution in [1.29, 1.82) is 0 Å². The van der Waals surface area contributed by atoms with Gasteiger partial charge in [-0.25, -0.2) is 14.2 Å². The van der Waals surface area contributed by atoms with E-state index in [0.29, 0.717) is 27.0 Å². The number of carbonyl (C=O) groups excluding carboxylic acids is 1. The first-order valence-corrected chi connectivity index (χ1v) is 14.8. The molecule has 8 nitrogen and oxygen atoms in total. The minimum Gasteiger partial charge on any atom is -0.486 e. The number of alkyl halides is 3. The number of hydrogen-bond donors (Lipinski definition) is 1. The van der Waals surface area contributed by atoms with Crippen molar-refractivity contribution >= 4 is 38.7 Å². The number of hydrogen-bond acceptors (Lipinski definition) is 6. The van der Waals surface area contributed by atoms with Gasteiger partial charge in [0.1, 0.15) is 29.6 Å². The maximum Gasteiger partial charge on any atom is 0.422 e. The van der Waals surface area contributed by atoms with Crippen molar-refractivity contribution in [3.63, 3.8) is 0 Å². The summed E-state index contributed by atoms with van der Waals surface area (Å²) in [6.07, 6.45) is -4.18. The van der Waals surface area contributed by atoms with E-state index in [1.807, 2.05) is 30.3 Å². The standard InChI is InChI=1S/C33H29BrF4N4O4/c1-19-14-25(44-16-20-8-6-5-7-9-20)23(35)15-24(19)42-28(21-10-12-22(13-11-21)41-31(43)46-32(2,3)4)26(34)27-29(42)30(40-18-39-27)45-17-33(36,37)38/h5-15,18H,16-17H2,1-4H3,(H,41,43). The molecule has 0 fully saturated rings. The molecule has 2 aromatic heterocycles. The highest BCUT2D eigenvalue weighted by Crippen LogP contribution is 2.43. The van der Waals surface area contributed by atoms with Crippen LogP contribution >= 0.6 is 15.9 Å². The maximum absolute atomic E-state index is 15.6. The molecule has 0 atom stereocenters. The normalized spacial score (nSPS) is 11.8. The molecule has 1 amide bonds. The second-order valence-corrected chi connectivity index (χ2v) is 12.1. The number of anilines is 1. The number of nitrogens with zero attached hydrogens (tertiary/aromatic N) is 3. The summed E-state index contributed by atoms with van der Waals surface area (Å²) >= 11 is 3.56. The zero-order valence-electron chi connectivity index (χ0n) is 25.2. The molecule has 0 bridgehead atoms. The number of nitrogens with one attached hydrogen (secondary N) is 1. The predicted molar refractivity (Wildman–Crippen MR) is 169 cm³/mol. The second-order valence-electron chi connectivity index (χ2n) is 11.3. The number of rotatable bonds is 8. The van der Waals surface area contributed by atoms with Crippen LogP contribution in [-0.2, 0) is 11.3 Å². The largest absolute Gasteiger partial charge is 0.486 e. The second kappa shape index (κ2) is 13.0. The molecule has 2 heterocycles. The van der Waals surface area contributed by atoms with Gasteiger partial charge in [-0.1, -0.05) is 42.5 Å². The van der Waals surface area contributed by atoms with Gasteiger partial charge in [0.15, 0.2) is 18.2 Å². The number of ether oxygens (including phenoxy) is 3. The lowest BCUT2D eigenvalue weighted by Gasteiger charge is -2.20. The third-order valence-electron chi connectivity index (χ3n) is 6.56. The third kappa shape index (κ3) is 7.58. The molecule has 1 N–H and O–H groups in total. The molecule has 0 saturated carbocycles. The average molecular weight is 702 g/mol. The Morgan fingerprint density at radius 3 is 2.33 bits per heavy atom. The Bertz CT molecular complexity index is 1870. The first-order valence-electron chi connectivity index (χ1n) is 14.0. The molecule has 3 aromatic carbocycles. The van der Waals surface area contributed by atoms with E-state index in [1.54, 1.807) is 56.5 Å². The van der Waals surface area contributed by atoms with Crippen LogP contribution in [0.2, 0.25) is 0 Å². The van der Waals surface area contributed by atoms with Crippen LogP contribution in [0.25, 0.3) is 28.0 Å². The number of aryl methyl sites for hydroxylation is 1. The summed E-state index contributed by atoms with van der Waals surface area (Å²) in [5.41, 5.74) is 2.74. The van der Waals surface area contributed by atoms with Crippen molar-refractivity contribution in [2.24, 2.45) is 0 Å². The number of carbonyl (C=O) groups is 1. The summed E-state index contributed by atoms with van der Waals surface area (Å²) in [6, 6.07) is 18.7. The average Bonchev–Trinajstić information content (AvgIpc) is 3.28. The van der Waals surface area contributed by atoms with Crippen molar-refractivity contribution in [1.82, 2.24) is 14.5 Å². The smallest absolute Gasteiger partial charge is 0.422 e. The SMILES string of the molecule is Cc1cc(OCc2ccccc2)c(F)cc1-n1c(-c2ccc(NC(=O)OC(C)(C)C)cc2)c(Br)c2ncnc(OCC(F)(F)F)c21. The minimum atomic E-state index is -4.63. The molecule has 0 spiro atoms. The van der Waals surface area contributed by atoms with E-state index in [-0.39, 0.29) is 35.0 Å². The van der Waals surface area contributed by atoms with Crippen LogP contribution in [0.3, 0.4) is 0 Å². The Hall–Kier alpha value is -4.65. The summed E-state index contributed by atoms with van der Waals surface area (Å²) in [6.45, 7) is 5.49. The Balaban J connectivity index is 1.62. The van der Waals surface area contributed by atoms with Crippen LogP contribution in [0.1, 0.15) is 31.9 Å². The van der Waals surface area contributed by atoms with Gasteiger partial charge in [-0.2, -0.15) is 18.2 Å². The number of benzene rings is 3. The third-order valence-corrected chi connectivity index (χ3v) is 7.31. The summed E-state index contributed by atoms with van der Waals surface area (Å²) in [5.74, 6) is -1.03. The molecule has 240 valence electrons. The lowest BCUT2D eigenvalue weighted by molar-refractivity contribution is -0.153. The van der Waals surface area contributed by atoms with Crippen LogP contribution in [0.4, 0.5) is 28.0 Å². The van der Waals surface area contributed by atoms with Crippen molar-refractivity contribution in [3.8, 4) is 28.6 Å². The van der Waals surface area contributed by atoms with Gasteiger partial charge in [0.25, 0.3) is 0 Å². The molecule has 0 aliphatic rings. The van der Waals surface area contributed by atoms with E-state index >= 15 is 4.39 Å². The number of amides is 1. The van der Waals surface area contributed by atoms with Crippen LogP contribution in [-0.4, -0.2) is 39.0 Å². The first kappa shape index (κ1) is 32.7. The zero-order valence-corrected chi connectivity index (χ0v) is 26.8. The number of fused-ring (bicyclic) bond motifs is 1. The Kier molecular flexibility index (Phi) is 9.24. The van der Waals surface area contributed by atoms with E-state index in [4.69, 9.17) is 14.2 Å². The van der Waals surface area contributed by atoms with E-state index in [2.05, 4.69) is 31.2 Å². The van der Waals surface area contributed by atoms with Crippen LogP contribution in [0, 0.1) is 12.7 Å². The van der Waals surface area contributed by atoms with Gasteiger partial charge in [-0.3, -0.25) is 5.32 Å². The molecule has 5 rings (SSSR count). The van der Waals surface area contributed by atoms with Crippen molar-refractivity contribution in [3.05, 3.63) is 94.5 Å². The molecule has 5 aromatic rings. The molecular formula is C33H29BrF4N4O4.